The minimum Gasteiger partial charge on any atom is -0.394 e. The summed E-state index contributed by atoms with van der Waals surface area (Å²) in [5, 5.41) is 94.5. The number of unbranched alkanes of at least 4 members (excludes halogenated alkanes) is 13. The van der Waals surface area contributed by atoms with Gasteiger partial charge >= 0.3 is 0 Å². The predicted octanol–water partition coefficient (Wildman–Crippen LogP) is -4.48. The van der Waals surface area contributed by atoms with Gasteiger partial charge in [0.05, 0.1) is 13.2 Å². The molecule has 2 unspecified atom stereocenters. The molecular weight excluding hydrogens is 1230 g/mol. The Labute approximate surface area is 558 Å². The summed E-state index contributed by atoms with van der Waals surface area (Å²) >= 11 is 0. The average Bonchev–Trinajstić information content (AvgIpc) is 1.01. The lowest BCUT2D eigenvalue weighted by atomic mass is 10.0. The van der Waals surface area contributed by atoms with E-state index in [1.807, 2.05) is 0 Å². The van der Waals surface area contributed by atoms with Crippen molar-refractivity contribution in [1.82, 2.24) is 74.4 Å². The van der Waals surface area contributed by atoms with Crippen LogP contribution in [0.15, 0.2) is 0 Å². The van der Waals surface area contributed by atoms with Crippen LogP contribution in [-0.2, 0) is 43.2 Å². The molecule has 0 aliphatic heterocycles. The van der Waals surface area contributed by atoms with Crippen molar-refractivity contribution in [2.45, 2.75) is 229 Å². The van der Waals surface area contributed by atoms with Gasteiger partial charge in [-0.3, -0.25) is 70.2 Å². The van der Waals surface area contributed by atoms with Gasteiger partial charge in [-0.1, -0.05) is 84.0 Å². The number of aliphatic hydroxyl groups is 2. The molecule has 8 atom stereocenters. The summed E-state index contributed by atoms with van der Waals surface area (Å²) in [6.07, 6.45) is 15.8. The molecule has 0 aromatic heterocycles. The molecule has 9 amide bonds. The van der Waals surface area contributed by atoms with Gasteiger partial charge in [0.1, 0.15) is 48.3 Å². The fraction of sp³-hybridized carbons (Fsp3) is 0.763. The summed E-state index contributed by atoms with van der Waals surface area (Å²) in [7, 11) is 1.37. The Morgan fingerprint density at radius 1 is 0.316 bits per heavy atom. The molecule has 0 spiro atoms. The number of amides is 9. The lowest BCUT2D eigenvalue weighted by molar-refractivity contribution is -0.136. The zero-order chi connectivity index (χ0) is 71.3. The summed E-state index contributed by atoms with van der Waals surface area (Å²) < 4.78 is 0. The number of likely N-dealkylation sites (N-methyl/N-ethyl adjacent to an activating group) is 1. The van der Waals surface area contributed by atoms with Gasteiger partial charge in [-0.05, 0) is 96.4 Å². The number of carbonyl (C=O) groups is 9. The average molecular weight is 1350 g/mol. The number of nitrogens with two attached hydrogens (primary N) is 6. The molecule has 0 bridgehead atoms. The Hall–Kier alpha value is -8.54. The zero-order valence-electron chi connectivity index (χ0n) is 55.9. The van der Waals surface area contributed by atoms with E-state index in [1.165, 1.54) is 58.4 Å². The third-order valence-electron chi connectivity index (χ3n) is 15.1. The fourth-order valence-electron chi connectivity index (χ4n) is 9.79. The van der Waals surface area contributed by atoms with E-state index in [0.29, 0.717) is 19.3 Å². The quantitative estimate of drug-likeness (QED) is 0.0155. The molecule has 0 radical (unpaired) electrons. The molecule has 0 aromatic rings. The number of hydrogen-bond donors (Lipinski definition) is 27. The van der Waals surface area contributed by atoms with Crippen molar-refractivity contribution < 1.29 is 53.4 Å². The monoisotopic (exact) mass is 1350 g/mol. The summed E-state index contributed by atoms with van der Waals surface area (Å²) in [6.45, 7) is 0.873. The number of guanidine groups is 5. The molecule has 0 aromatic carbocycles. The number of aliphatic hydroxyl groups excluding tert-OH is 2. The van der Waals surface area contributed by atoms with Crippen molar-refractivity contribution in [1.29, 1.82) is 27.0 Å². The predicted molar refractivity (Wildman–Crippen MR) is 363 cm³/mol. The van der Waals surface area contributed by atoms with E-state index in [2.05, 4.69) is 81.4 Å². The lowest BCUT2D eigenvalue weighted by Crippen LogP contribution is -2.61. The highest BCUT2D eigenvalue weighted by atomic mass is 16.3. The van der Waals surface area contributed by atoms with E-state index in [4.69, 9.17) is 61.4 Å². The first-order chi connectivity index (χ1) is 45.3. The van der Waals surface area contributed by atoms with Crippen molar-refractivity contribution in [3.05, 3.63) is 0 Å². The normalized spacial score (nSPS) is 13.4. The van der Waals surface area contributed by atoms with Crippen LogP contribution in [0.3, 0.4) is 0 Å². The highest BCUT2D eigenvalue weighted by Crippen LogP contribution is 2.14. The van der Waals surface area contributed by atoms with Gasteiger partial charge in [0.25, 0.3) is 0 Å². The van der Waals surface area contributed by atoms with Crippen LogP contribution < -0.4 is 109 Å². The molecule has 0 saturated carbocycles. The van der Waals surface area contributed by atoms with Crippen molar-refractivity contribution in [3.63, 3.8) is 0 Å². The van der Waals surface area contributed by atoms with Crippen LogP contribution >= 0.6 is 0 Å². The van der Waals surface area contributed by atoms with Crippen LogP contribution in [0.25, 0.3) is 0 Å². The largest absolute Gasteiger partial charge is 0.394 e. The Kier molecular flexibility index (Phi) is 49.0. The molecule has 0 heterocycles. The zero-order valence-corrected chi connectivity index (χ0v) is 55.9. The van der Waals surface area contributed by atoms with Crippen molar-refractivity contribution >= 4 is 83.0 Å². The maximum atomic E-state index is 14.5. The second-order valence-electron chi connectivity index (χ2n) is 23.2. The first-order valence-electron chi connectivity index (χ1n) is 33.3. The van der Waals surface area contributed by atoms with Crippen LogP contribution in [0.5, 0.6) is 0 Å². The first-order valence-corrected chi connectivity index (χ1v) is 33.3. The maximum Gasteiger partial charge on any atom is 0.245 e. The van der Waals surface area contributed by atoms with Gasteiger partial charge in [-0.2, -0.15) is 0 Å². The number of rotatable bonds is 56. The van der Waals surface area contributed by atoms with Crippen LogP contribution in [0.2, 0.25) is 0 Å². The van der Waals surface area contributed by atoms with Gasteiger partial charge < -0.3 is 119 Å². The van der Waals surface area contributed by atoms with Gasteiger partial charge in [-0.25, -0.2) is 0 Å². The second-order valence-corrected chi connectivity index (χ2v) is 23.2. The fourth-order valence-corrected chi connectivity index (χ4v) is 9.79. The molecule has 0 fully saturated rings. The summed E-state index contributed by atoms with van der Waals surface area (Å²) in [4.78, 5) is 125. The molecule has 95 heavy (non-hydrogen) atoms. The molecule has 0 aliphatic rings. The van der Waals surface area contributed by atoms with Crippen LogP contribution in [0.4, 0.5) is 0 Å². The molecule has 33 N–H and O–H groups in total. The van der Waals surface area contributed by atoms with E-state index >= 15 is 0 Å². The van der Waals surface area contributed by atoms with Gasteiger partial charge in [0.15, 0.2) is 29.8 Å². The molecule has 36 heteroatoms. The van der Waals surface area contributed by atoms with E-state index in [9.17, 15) is 53.4 Å². The van der Waals surface area contributed by atoms with Crippen LogP contribution in [0, 0.1) is 27.0 Å². The summed E-state index contributed by atoms with van der Waals surface area (Å²) in [6, 6.07) is -11.6. The number of nitrogens with one attached hydrogen (secondary N) is 19. The molecule has 544 valence electrons. The topological polar surface area (TPSA) is 638 Å². The van der Waals surface area contributed by atoms with Gasteiger partial charge in [0.2, 0.25) is 53.2 Å². The van der Waals surface area contributed by atoms with E-state index < -0.39 is 127 Å². The molecule has 0 aliphatic carbocycles. The molecule has 0 saturated heterocycles. The van der Waals surface area contributed by atoms with Gasteiger partial charge in [0, 0.05) is 46.2 Å². The Bertz CT molecular complexity index is 2360. The van der Waals surface area contributed by atoms with E-state index in [-0.39, 0.29) is 134 Å². The lowest BCUT2D eigenvalue weighted by Gasteiger charge is -2.28. The number of hydrogen-bond acceptors (Lipinski definition) is 17. The van der Waals surface area contributed by atoms with Crippen molar-refractivity contribution in [2.75, 3.05) is 59.5 Å². The SMILES string of the molecule is CCCCCCCCCCCCCCCC(=O)N[C@@H](CCCNC(=N)N)C(=O)N[C@@H](CO)C(=O)NC(CO)C(=O)NC(CCCNC(=N)N)C(=O)N[C@@H](CCCNC(=N)N)C(=O)N[C@@H](CCCCN)C(=O)N[C@@H](CCCNC(=N)N)C(=O)N[C@@H](CCCNC(=N)N)C(=O)NC. The first kappa shape index (κ1) is 86.5. The minimum absolute atomic E-state index is 0.0126. The number of carbonyl (C=O) groups excluding carboxylic acids is 9. The molecule has 0 rings (SSSR count). The van der Waals surface area contributed by atoms with E-state index in [1.54, 1.807) is 0 Å². The summed E-state index contributed by atoms with van der Waals surface area (Å²) in [5.74, 6) is -9.37. The second kappa shape index (κ2) is 53.8. The third kappa shape index (κ3) is 43.9. The standard InChI is InChI=1S/C59H117N25O11/c1-3-4-5-6-7-8-9-10-11-12-13-14-15-29-46(87)77-39(25-19-32-73-56(63)64)48(89)83-45(37-86)54(95)84-44(36-85)53(94)82-43(28-22-35-76-59(69)70)52(93)81-42(27-21-34-75-58(67)68)51(92)79-40(23-16-17-30-60)49(90)80-41(26-20-33-74-57(65)66)50(91)78-38(47(88)71-2)24-18-31-72-55(61)62/h38-45,85-86H,3-37,60H2,1-2H3,(H,71,88)(H,77,87)(H,78,91)(H,79,92)(H,80,90)(H,81,93)(H,82,94)(H,83,89)(H,84,95)(H4,61,62,72)(H4,63,64,73)(H4,65,66,74)(H4,67,68,75)(H4,69,70,76)/t38-,39-,40-,41-,42-,43?,44?,45-/m0/s1. The maximum absolute atomic E-state index is 14.5. The smallest absolute Gasteiger partial charge is 0.245 e. The molecule has 36 nitrogen and oxygen atoms in total. The minimum atomic E-state index is -1.82. The highest BCUT2D eigenvalue weighted by Gasteiger charge is 2.35. The van der Waals surface area contributed by atoms with Crippen molar-refractivity contribution in [3.8, 4) is 0 Å². The highest BCUT2D eigenvalue weighted by molar-refractivity contribution is 5.98. The van der Waals surface area contributed by atoms with E-state index in [0.717, 1.165) is 25.7 Å². The Morgan fingerprint density at radius 2 is 0.547 bits per heavy atom. The third-order valence-corrected chi connectivity index (χ3v) is 15.1. The van der Waals surface area contributed by atoms with Crippen LogP contribution in [-0.4, -0.2) is 201 Å². The summed E-state index contributed by atoms with van der Waals surface area (Å²) in [5.41, 5.74) is 33.0. The van der Waals surface area contributed by atoms with Crippen LogP contribution in [0.1, 0.15) is 180 Å². The Balaban J connectivity index is 6.69. The van der Waals surface area contributed by atoms with Gasteiger partial charge in [-0.15, -0.1) is 0 Å². The van der Waals surface area contributed by atoms with Crippen molar-refractivity contribution in [2.24, 2.45) is 34.4 Å². The Morgan fingerprint density at radius 3 is 0.800 bits per heavy atom. The molecular formula is C59H117N25O11.